The normalized spacial score (nSPS) is 15.1. The first kappa shape index (κ1) is 30.0. The number of esters is 2. The molecule has 222 valence electrons. The van der Waals surface area contributed by atoms with Gasteiger partial charge >= 0.3 is 11.9 Å². The van der Waals surface area contributed by atoms with Crippen molar-refractivity contribution in [2.24, 2.45) is 0 Å². The molecular formula is C32H36N2O6S2. The predicted octanol–water partition coefficient (Wildman–Crippen LogP) is 7.21. The lowest BCUT2D eigenvalue weighted by Gasteiger charge is -2.12. The molecule has 0 saturated heterocycles. The van der Waals surface area contributed by atoms with Crippen LogP contribution in [0.1, 0.15) is 114 Å². The molecule has 2 heterocycles. The maximum Gasteiger partial charge on any atom is 0.341 e. The van der Waals surface area contributed by atoms with Gasteiger partial charge < -0.3 is 20.1 Å². The summed E-state index contributed by atoms with van der Waals surface area (Å²) in [6.45, 7) is 0. The van der Waals surface area contributed by atoms with Crippen LogP contribution in [0.4, 0.5) is 10.0 Å². The van der Waals surface area contributed by atoms with E-state index < -0.39 is 23.8 Å². The summed E-state index contributed by atoms with van der Waals surface area (Å²) in [5, 5.41) is 6.73. The summed E-state index contributed by atoms with van der Waals surface area (Å²) >= 11 is 2.82. The number of hydrogen-bond donors (Lipinski definition) is 2. The van der Waals surface area contributed by atoms with Crippen molar-refractivity contribution in [2.75, 3.05) is 24.9 Å². The second-order valence-corrected chi connectivity index (χ2v) is 12.9. The number of amides is 2. The Hall–Kier alpha value is -3.50. The second kappa shape index (κ2) is 13.6. The van der Waals surface area contributed by atoms with Crippen LogP contribution in [-0.4, -0.2) is 38.0 Å². The van der Waals surface area contributed by atoms with Crippen molar-refractivity contribution >= 4 is 56.4 Å². The molecule has 10 heteroatoms. The average Bonchev–Trinajstić information content (AvgIpc) is 3.47. The minimum atomic E-state index is -0.494. The Balaban J connectivity index is 1.44. The van der Waals surface area contributed by atoms with Crippen molar-refractivity contribution in [3.05, 3.63) is 67.4 Å². The third kappa shape index (κ3) is 6.29. The Labute approximate surface area is 253 Å². The Bertz CT molecular complexity index is 1390. The van der Waals surface area contributed by atoms with E-state index in [0.717, 1.165) is 97.9 Å². The highest BCUT2D eigenvalue weighted by atomic mass is 32.1. The quantitative estimate of drug-likeness (QED) is 0.286. The molecule has 0 radical (unpaired) electrons. The van der Waals surface area contributed by atoms with Crippen LogP contribution >= 0.6 is 22.7 Å². The number of thiophene rings is 2. The number of carbonyl (C=O) groups is 4. The zero-order valence-electron chi connectivity index (χ0n) is 24.1. The smallest absolute Gasteiger partial charge is 0.341 e. The van der Waals surface area contributed by atoms with E-state index in [-0.39, 0.29) is 11.1 Å². The van der Waals surface area contributed by atoms with Gasteiger partial charge in [-0.2, -0.15) is 0 Å². The van der Waals surface area contributed by atoms with E-state index in [4.69, 9.17) is 9.47 Å². The number of aryl methyl sites for hydroxylation is 2. The van der Waals surface area contributed by atoms with E-state index >= 15 is 0 Å². The van der Waals surface area contributed by atoms with Gasteiger partial charge in [-0.05, 0) is 74.6 Å². The lowest BCUT2D eigenvalue weighted by Crippen LogP contribution is -2.21. The molecule has 0 spiro atoms. The number of benzene rings is 1. The molecule has 5 rings (SSSR count). The number of methoxy groups -OCH3 is 2. The number of hydrogen-bond acceptors (Lipinski definition) is 8. The third-order valence-electron chi connectivity index (χ3n) is 7.99. The van der Waals surface area contributed by atoms with Gasteiger partial charge in [-0.3, -0.25) is 9.59 Å². The highest BCUT2D eigenvalue weighted by molar-refractivity contribution is 7.17. The van der Waals surface area contributed by atoms with Gasteiger partial charge in [0.05, 0.1) is 36.5 Å². The van der Waals surface area contributed by atoms with Gasteiger partial charge in [0.25, 0.3) is 11.8 Å². The maximum absolute atomic E-state index is 13.7. The first-order valence-corrected chi connectivity index (χ1v) is 16.2. The molecule has 0 aliphatic heterocycles. The highest BCUT2D eigenvalue weighted by Gasteiger charge is 2.29. The molecule has 8 nitrogen and oxygen atoms in total. The molecule has 0 fully saturated rings. The lowest BCUT2D eigenvalue weighted by molar-refractivity contribution is 0.0592. The van der Waals surface area contributed by atoms with E-state index in [2.05, 4.69) is 10.6 Å². The van der Waals surface area contributed by atoms with Gasteiger partial charge in [0.15, 0.2) is 0 Å². The third-order valence-corrected chi connectivity index (χ3v) is 10.4. The molecule has 0 atom stereocenters. The Kier molecular flexibility index (Phi) is 9.74. The van der Waals surface area contributed by atoms with Crippen LogP contribution in [0.3, 0.4) is 0 Å². The summed E-state index contributed by atoms with van der Waals surface area (Å²) in [4.78, 5) is 55.2. The number of nitrogens with one attached hydrogen (secondary N) is 2. The molecule has 0 bridgehead atoms. The zero-order chi connectivity index (χ0) is 29.6. The number of carbonyl (C=O) groups excluding carboxylic acids is 4. The fraction of sp³-hybridized carbons (Fsp3) is 0.438. The number of rotatable bonds is 6. The van der Waals surface area contributed by atoms with Crippen LogP contribution < -0.4 is 10.6 Å². The fourth-order valence-electron chi connectivity index (χ4n) is 5.87. The number of anilines is 2. The van der Waals surface area contributed by atoms with Crippen LogP contribution in [-0.2, 0) is 35.2 Å². The van der Waals surface area contributed by atoms with Crippen molar-refractivity contribution < 1.29 is 28.7 Å². The molecule has 2 N–H and O–H groups in total. The van der Waals surface area contributed by atoms with Crippen molar-refractivity contribution in [3.8, 4) is 0 Å². The number of fused-ring (bicyclic) bond motifs is 2. The Morgan fingerprint density at radius 1 is 0.595 bits per heavy atom. The van der Waals surface area contributed by atoms with Crippen molar-refractivity contribution in [2.45, 2.75) is 77.0 Å². The van der Waals surface area contributed by atoms with Crippen LogP contribution in [0, 0.1) is 0 Å². The maximum atomic E-state index is 13.7. The van der Waals surface area contributed by atoms with Gasteiger partial charge in [0.1, 0.15) is 10.0 Å². The summed E-state index contributed by atoms with van der Waals surface area (Å²) in [5.41, 5.74) is 3.07. The van der Waals surface area contributed by atoms with Crippen LogP contribution in [0.15, 0.2) is 24.3 Å². The molecule has 42 heavy (non-hydrogen) atoms. The minimum absolute atomic E-state index is 0.168. The largest absolute Gasteiger partial charge is 0.465 e. The van der Waals surface area contributed by atoms with Crippen molar-refractivity contribution in [1.29, 1.82) is 0 Å². The van der Waals surface area contributed by atoms with Crippen LogP contribution in [0.25, 0.3) is 0 Å². The van der Waals surface area contributed by atoms with Crippen molar-refractivity contribution in [1.82, 2.24) is 0 Å². The minimum Gasteiger partial charge on any atom is -0.465 e. The molecule has 1 aromatic carbocycles. The van der Waals surface area contributed by atoms with E-state index in [0.29, 0.717) is 21.1 Å². The average molecular weight is 609 g/mol. The Morgan fingerprint density at radius 3 is 1.36 bits per heavy atom. The number of ether oxygens (including phenoxy) is 2. The summed E-state index contributed by atoms with van der Waals surface area (Å²) < 4.78 is 10.2. The Morgan fingerprint density at radius 2 is 0.976 bits per heavy atom. The van der Waals surface area contributed by atoms with E-state index in [9.17, 15) is 19.2 Å². The SMILES string of the molecule is COC(=O)c1c(NC(=O)c2ccccc2C(=O)Nc2sc3c(c2C(=O)OC)CCCCCC3)sc2c1CCCCCC2. The summed E-state index contributed by atoms with van der Waals surface area (Å²) in [7, 11) is 2.68. The molecular weight excluding hydrogens is 572 g/mol. The highest BCUT2D eigenvalue weighted by Crippen LogP contribution is 2.39. The molecule has 2 aliphatic carbocycles. The molecule has 0 saturated carbocycles. The van der Waals surface area contributed by atoms with Crippen molar-refractivity contribution in [3.63, 3.8) is 0 Å². The fourth-order valence-corrected chi connectivity index (χ4v) is 8.42. The van der Waals surface area contributed by atoms with Gasteiger partial charge in [0.2, 0.25) is 0 Å². The summed E-state index contributed by atoms with van der Waals surface area (Å²) in [6, 6.07) is 6.55. The van der Waals surface area contributed by atoms with E-state index in [1.54, 1.807) is 24.3 Å². The summed E-state index contributed by atoms with van der Waals surface area (Å²) in [5.74, 6) is -1.94. The van der Waals surface area contributed by atoms with Crippen LogP contribution in [0.5, 0.6) is 0 Å². The lowest BCUT2D eigenvalue weighted by atomic mass is 9.96. The van der Waals surface area contributed by atoms with Gasteiger partial charge in [-0.25, -0.2) is 9.59 Å². The molecule has 0 unspecified atom stereocenters. The van der Waals surface area contributed by atoms with Crippen LogP contribution in [0.2, 0.25) is 0 Å². The molecule has 2 amide bonds. The van der Waals surface area contributed by atoms with Gasteiger partial charge in [0, 0.05) is 9.75 Å². The first-order chi connectivity index (χ1) is 20.4. The van der Waals surface area contributed by atoms with Gasteiger partial charge in [-0.15, -0.1) is 22.7 Å². The predicted molar refractivity (Wildman–Crippen MR) is 165 cm³/mol. The zero-order valence-corrected chi connectivity index (χ0v) is 25.7. The molecule has 3 aromatic rings. The summed E-state index contributed by atoms with van der Waals surface area (Å²) in [6.07, 6.45) is 11.7. The topological polar surface area (TPSA) is 111 Å². The molecule has 2 aliphatic rings. The second-order valence-electron chi connectivity index (χ2n) is 10.7. The first-order valence-electron chi connectivity index (χ1n) is 14.6. The van der Waals surface area contributed by atoms with E-state index in [1.807, 2.05) is 0 Å². The van der Waals surface area contributed by atoms with E-state index in [1.165, 1.54) is 36.9 Å². The molecule has 2 aromatic heterocycles. The standard InChI is InChI=1S/C32H36N2O6S2/c1-39-31(37)25-21-15-7-3-5-9-17-23(21)41-29(25)33-27(35)19-13-11-12-14-20(19)28(36)34-30-26(32(38)40-2)22-16-8-4-6-10-18-24(22)42-30/h11-14H,3-10,15-18H2,1-2H3,(H,33,35)(H,34,36). The van der Waals surface area contributed by atoms with Gasteiger partial charge in [-0.1, -0.05) is 37.8 Å². The monoisotopic (exact) mass is 608 g/mol.